The lowest BCUT2D eigenvalue weighted by Gasteiger charge is -2.18. The van der Waals surface area contributed by atoms with E-state index in [1.807, 2.05) is 0 Å². The maximum Gasteiger partial charge on any atom is 0.0143 e. The third-order valence-corrected chi connectivity index (χ3v) is 2.14. The van der Waals surface area contributed by atoms with Gasteiger partial charge < -0.3 is 5.32 Å². The first-order chi connectivity index (χ1) is 6.97. The molecule has 0 aliphatic carbocycles. The lowest BCUT2D eigenvalue weighted by atomic mass is 10.1. The van der Waals surface area contributed by atoms with Crippen molar-refractivity contribution < 1.29 is 0 Å². The maximum atomic E-state index is 3.42. The number of hydrogen-bond donors (Lipinski definition) is 1. The van der Waals surface area contributed by atoms with Crippen molar-refractivity contribution in [2.75, 3.05) is 6.54 Å². The molecule has 1 aromatic carbocycles. The fourth-order valence-electron chi connectivity index (χ4n) is 1.24. The lowest BCUT2D eigenvalue weighted by Crippen LogP contribution is -2.35. The number of nitrogens with one attached hydrogen (secondary N) is 1. The number of benzene rings is 1. The summed E-state index contributed by atoms with van der Waals surface area (Å²) in [6.07, 6.45) is 4.31. The lowest BCUT2D eigenvalue weighted by molar-refractivity contribution is 0.450. The minimum absolute atomic E-state index is 0.192. The number of rotatable bonds is 3. The first-order valence-corrected chi connectivity index (χ1v) is 5.46. The fourth-order valence-corrected chi connectivity index (χ4v) is 1.24. The van der Waals surface area contributed by atoms with Crippen LogP contribution in [0.25, 0.3) is 6.08 Å². The fraction of sp³-hybridized carbons (Fsp3) is 0.429. The van der Waals surface area contributed by atoms with E-state index in [-0.39, 0.29) is 5.54 Å². The van der Waals surface area contributed by atoms with E-state index < -0.39 is 0 Å². The molecule has 0 bridgehead atoms. The van der Waals surface area contributed by atoms with Gasteiger partial charge in [0.2, 0.25) is 0 Å². The number of aryl methyl sites for hydroxylation is 1. The first-order valence-electron chi connectivity index (χ1n) is 5.46. The van der Waals surface area contributed by atoms with Gasteiger partial charge in [-0.2, -0.15) is 0 Å². The number of hydrogen-bond acceptors (Lipinski definition) is 1. The Morgan fingerprint density at radius 3 is 2.27 bits per heavy atom. The average molecular weight is 203 g/mol. The highest BCUT2D eigenvalue weighted by Crippen LogP contribution is 2.05. The van der Waals surface area contributed by atoms with E-state index in [0.717, 1.165) is 6.54 Å². The van der Waals surface area contributed by atoms with Crippen LogP contribution in [0.4, 0.5) is 0 Å². The molecular formula is C14H21N. The molecule has 82 valence electrons. The van der Waals surface area contributed by atoms with Gasteiger partial charge in [0.1, 0.15) is 0 Å². The Labute approximate surface area is 93.2 Å². The summed E-state index contributed by atoms with van der Waals surface area (Å²) in [6.45, 7) is 9.54. The zero-order chi connectivity index (χ0) is 11.3. The second-order valence-electron chi connectivity index (χ2n) is 4.94. The Kier molecular flexibility index (Phi) is 4.10. The summed E-state index contributed by atoms with van der Waals surface area (Å²) in [5, 5.41) is 3.42. The summed E-state index contributed by atoms with van der Waals surface area (Å²) < 4.78 is 0. The van der Waals surface area contributed by atoms with Crippen LogP contribution < -0.4 is 5.32 Å². The van der Waals surface area contributed by atoms with Crippen LogP contribution >= 0.6 is 0 Å². The van der Waals surface area contributed by atoms with E-state index >= 15 is 0 Å². The average Bonchev–Trinajstić information content (AvgIpc) is 2.14. The van der Waals surface area contributed by atoms with Crippen LogP contribution in [0.3, 0.4) is 0 Å². The van der Waals surface area contributed by atoms with Crippen molar-refractivity contribution in [3.63, 3.8) is 0 Å². The molecule has 0 aliphatic heterocycles. The summed E-state index contributed by atoms with van der Waals surface area (Å²) in [7, 11) is 0. The molecule has 0 saturated carbocycles. The third-order valence-electron chi connectivity index (χ3n) is 2.14. The second kappa shape index (κ2) is 5.13. The molecule has 0 aromatic heterocycles. The predicted octanol–water partition coefficient (Wildman–Crippen LogP) is 3.40. The summed E-state index contributed by atoms with van der Waals surface area (Å²) in [5.41, 5.74) is 2.76. The van der Waals surface area contributed by atoms with Gasteiger partial charge in [-0.1, -0.05) is 42.0 Å². The van der Waals surface area contributed by atoms with Crippen molar-refractivity contribution in [1.82, 2.24) is 5.32 Å². The van der Waals surface area contributed by atoms with Crippen LogP contribution in [0.5, 0.6) is 0 Å². The molecule has 0 heterocycles. The van der Waals surface area contributed by atoms with Crippen LogP contribution in [-0.2, 0) is 0 Å². The Morgan fingerprint density at radius 1 is 1.13 bits per heavy atom. The minimum Gasteiger partial charge on any atom is -0.309 e. The van der Waals surface area contributed by atoms with Crippen molar-refractivity contribution in [3.8, 4) is 0 Å². The Hall–Kier alpha value is -1.08. The Bertz CT molecular complexity index is 314. The SMILES string of the molecule is Cc1ccc(C=CCNC(C)(C)C)cc1. The quantitative estimate of drug-likeness (QED) is 0.794. The van der Waals surface area contributed by atoms with Crippen LogP contribution in [0.1, 0.15) is 31.9 Å². The minimum atomic E-state index is 0.192. The van der Waals surface area contributed by atoms with Gasteiger partial charge in [-0.3, -0.25) is 0 Å². The van der Waals surface area contributed by atoms with Crippen molar-refractivity contribution in [2.45, 2.75) is 33.2 Å². The van der Waals surface area contributed by atoms with E-state index in [0.29, 0.717) is 0 Å². The van der Waals surface area contributed by atoms with E-state index in [1.54, 1.807) is 0 Å². The van der Waals surface area contributed by atoms with Gasteiger partial charge in [-0.25, -0.2) is 0 Å². The largest absolute Gasteiger partial charge is 0.309 e. The molecule has 0 unspecified atom stereocenters. The van der Waals surface area contributed by atoms with Gasteiger partial charge in [0.15, 0.2) is 0 Å². The van der Waals surface area contributed by atoms with Crippen molar-refractivity contribution >= 4 is 6.08 Å². The maximum absolute atomic E-state index is 3.42. The zero-order valence-corrected chi connectivity index (χ0v) is 10.2. The van der Waals surface area contributed by atoms with Gasteiger partial charge in [0, 0.05) is 12.1 Å². The molecule has 1 rings (SSSR count). The van der Waals surface area contributed by atoms with Crippen molar-refractivity contribution in [3.05, 3.63) is 41.5 Å². The highest BCUT2D eigenvalue weighted by Gasteiger charge is 2.05. The van der Waals surface area contributed by atoms with E-state index in [1.165, 1.54) is 11.1 Å². The highest BCUT2D eigenvalue weighted by atomic mass is 14.9. The molecule has 0 spiro atoms. The molecular weight excluding hydrogens is 182 g/mol. The Balaban J connectivity index is 2.42. The van der Waals surface area contributed by atoms with E-state index in [9.17, 15) is 0 Å². The van der Waals surface area contributed by atoms with Gasteiger partial charge >= 0.3 is 0 Å². The summed E-state index contributed by atoms with van der Waals surface area (Å²) in [4.78, 5) is 0. The van der Waals surface area contributed by atoms with Crippen LogP contribution in [0.2, 0.25) is 0 Å². The highest BCUT2D eigenvalue weighted by molar-refractivity contribution is 5.49. The molecule has 15 heavy (non-hydrogen) atoms. The molecule has 0 atom stereocenters. The third kappa shape index (κ3) is 5.38. The van der Waals surface area contributed by atoms with E-state index in [2.05, 4.69) is 69.4 Å². The molecule has 0 saturated heterocycles. The van der Waals surface area contributed by atoms with E-state index in [4.69, 9.17) is 0 Å². The standard InChI is InChI=1S/C14H21N/c1-12-7-9-13(10-8-12)6-5-11-15-14(2,3)4/h5-10,15H,11H2,1-4H3. The van der Waals surface area contributed by atoms with Gasteiger partial charge in [0.25, 0.3) is 0 Å². The van der Waals surface area contributed by atoms with Crippen molar-refractivity contribution in [2.24, 2.45) is 0 Å². The van der Waals surface area contributed by atoms with Gasteiger partial charge in [-0.05, 0) is 33.3 Å². The molecule has 1 heteroatoms. The van der Waals surface area contributed by atoms with Gasteiger partial charge in [-0.15, -0.1) is 0 Å². The summed E-state index contributed by atoms with van der Waals surface area (Å²) in [6, 6.07) is 8.56. The normalized spacial score (nSPS) is 12.3. The smallest absolute Gasteiger partial charge is 0.0143 e. The molecule has 0 amide bonds. The molecule has 0 fully saturated rings. The van der Waals surface area contributed by atoms with Gasteiger partial charge in [0.05, 0.1) is 0 Å². The van der Waals surface area contributed by atoms with Crippen LogP contribution in [-0.4, -0.2) is 12.1 Å². The molecule has 1 nitrogen and oxygen atoms in total. The zero-order valence-electron chi connectivity index (χ0n) is 10.2. The Morgan fingerprint density at radius 2 is 1.73 bits per heavy atom. The van der Waals surface area contributed by atoms with Crippen molar-refractivity contribution in [1.29, 1.82) is 0 Å². The summed E-state index contributed by atoms with van der Waals surface area (Å²) >= 11 is 0. The first kappa shape index (κ1) is 12.0. The van der Waals surface area contributed by atoms with Crippen LogP contribution in [0, 0.1) is 6.92 Å². The molecule has 1 N–H and O–H groups in total. The molecule has 1 aromatic rings. The topological polar surface area (TPSA) is 12.0 Å². The molecule has 0 radical (unpaired) electrons. The predicted molar refractivity (Wildman–Crippen MR) is 68.0 cm³/mol. The van der Waals surface area contributed by atoms with Crippen LogP contribution in [0.15, 0.2) is 30.3 Å². The second-order valence-corrected chi connectivity index (χ2v) is 4.94. The molecule has 0 aliphatic rings. The summed E-state index contributed by atoms with van der Waals surface area (Å²) in [5.74, 6) is 0. The monoisotopic (exact) mass is 203 g/mol.